The third-order valence-corrected chi connectivity index (χ3v) is 4.05. The zero-order valence-electron chi connectivity index (χ0n) is 11.5. The molecule has 1 aromatic carbocycles. The number of isothiocyanates is 1. The molecule has 0 amide bonds. The second-order valence-corrected chi connectivity index (χ2v) is 5.43. The van der Waals surface area contributed by atoms with Crippen LogP contribution in [0.4, 0.5) is 5.69 Å². The fraction of sp³-hybridized carbons (Fsp3) is 0.471. The van der Waals surface area contributed by atoms with Crippen LogP contribution < -0.4 is 0 Å². The Morgan fingerprint density at radius 2 is 1.89 bits per heavy atom. The highest BCUT2D eigenvalue weighted by atomic mass is 32.1. The maximum Gasteiger partial charge on any atom is 0.0739 e. The lowest BCUT2D eigenvalue weighted by atomic mass is 9.78. The highest BCUT2D eigenvalue weighted by Crippen LogP contribution is 2.36. The summed E-state index contributed by atoms with van der Waals surface area (Å²) < 4.78 is 0. The third kappa shape index (κ3) is 4.12. The summed E-state index contributed by atoms with van der Waals surface area (Å²) in [5.74, 6) is 1.52. The first-order chi connectivity index (χ1) is 9.33. The van der Waals surface area contributed by atoms with Gasteiger partial charge in [-0.15, -0.1) is 0 Å². The van der Waals surface area contributed by atoms with E-state index in [0.717, 1.165) is 23.9 Å². The van der Waals surface area contributed by atoms with E-state index >= 15 is 0 Å². The van der Waals surface area contributed by atoms with Gasteiger partial charge in [0.15, 0.2) is 0 Å². The predicted molar refractivity (Wildman–Crippen MR) is 85.3 cm³/mol. The summed E-state index contributed by atoms with van der Waals surface area (Å²) in [4.78, 5) is 3.99. The van der Waals surface area contributed by atoms with Gasteiger partial charge >= 0.3 is 0 Å². The summed E-state index contributed by atoms with van der Waals surface area (Å²) in [5, 5.41) is 2.41. The van der Waals surface area contributed by atoms with E-state index in [2.05, 4.69) is 53.6 Å². The van der Waals surface area contributed by atoms with Crippen LogP contribution in [0.15, 0.2) is 41.4 Å². The fourth-order valence-corrected chi connectivity index (χ4v) is 2.95. The Bertz CT molecular complexity index is 461. The van der Waals surface area contributed by atoms with Crippen molar-refractivity contribution < 1.29 is 0 Å². The molecule has 0 aliphatic heterocycles. The summed E-state index contributed by atoms with van der Waals surface area (Å²) in [6.45, 7) is 2.20. The van der Waals surface area contributed by atoms with Crippen LogP contribution in [0.2, 0.25) is 0 Å². The number of aliphatic imine (C=N–C) groups is 1. The molecule has 0 atom stereocenters. The molecule has 0 N–H and O–H groups in total. The number of thiocarbonyl (C=S) groups is 1. The average molecular weight is 271 g/mol. The minimum Gasteiger partial charge on any atom is -0.195 e. The summed E-state index contributed by atoms with van der Waals surface area (Å²) in [5.41, 5.74) is 2.35. The molecule has 0 bridgehead atoms. The SMILES string of the molecule is CC/C=C/C1CCC(c2ccc(N=C=S)cc2)CC1. The molecule has 0 aromatic heterocycles. The van der Waals surface area contributed by atoms with Gasteiger partial charge in [0.05, 0.1) is 10.8 Å². The van der Waals surface area contributed by atoms with E-state index in [1.807, 2.05) is 12.1 Å². The molecule has 1 nitrogen and oxygen atoms in total. The van der Waals surface area contributed by atoms with E-state index in [1.54, 1.807) is 0 Å². The largest absolute Gasteiger partial charge is 0.195 e. The van der Waals surface area contributed by atoms with Crippen molar-refractivity contribution in [1.82, 2.24) is 0 Å². The molecule has 1 aliphatic carbocycles. The normalized spacial score (nSPS) is 23.2. The van der Waals surface area contributed by atoms with Gasteiger partial charge in [0, 0.05) is 0 Å². The van der Waals surface area contributed by atoms with Crippen LogP contribution >= 0.6 is 12.2 Å². The number of hydrogen-bond donors (Lipinski definition) is 0. The molecule has 1 fully saturated rings. The highest BCUT2D eigenvalue weighted by Gasteiger charge is 2.20. The number of nitrogens with zero attached hydrogens (tertiary/aromatic N) is 1. The van der Waals surface area contributed by atoms with Gasteiger partial charge in [-0.1, -0.05) is 31.2 Å². The predicted octanol–water partition coefficient (Wildman–Crippen LogP) is 5.66. The van der Waals surface area contributed by atoms with Crippen molar-refractivity contribution in [2.75, 3.05) is 0 Å². The number of hydrogen-bond acceptors (Lipinski definition) is 2. The fourth-order valence-electron chi connectivity index (χ4n) is 2.85. The monoisotopic (exact) mass is 271 g/mol. The van der Waals surface area contributed by atoms with Gasteiger partial charge in [-0.05, 0) is 73.9 Å². The Balaban J connectivity index is 1.93. The van der Waals surface area contributed by atoms with Crippen molar-refractivity contribution in [3.05, 3.63) is 42.0 Å². The molecule has 0 heterocycles. The van der Waals surface area contributed by atoms with Crippen molar-refractivity contribution in [1.29, 1.82) is 0 Å². The molecule has 0 unspecified atom stereocenters. The summed E-state index contributed by atoms with van der Waals surface area (Å²) in [6, 6.07) is 8.46. The van der Waals surface area contributed by atoms with Crippen LogP contribution in [0, 0.1) is 5.92 Å². The number of allylic oxidation sites excluding steroid dienone is 2. The van der Waals surface area contributed by atoms with Crippen molar-refractivity contribution in [3.63, 3.8) is 0 Å². The Kier molecular flexibility index (Phi) is 5.50. The smallest absolute Gasteiger partial charge is 0.0739 e. The summed E-state index contributed by atoms with van der Waals surface area (Å²) in [6.07, 6.45) is 11.1. The lowest BCUT2D eigenvalue weighted by Gasteiger charge is -2.27. The van der Waals surface area contributed by atoms with Crippen LogP contribution in [0.1, 0.15) is 50.5 Å². The van der Waals surface area contributed by atoms with Crippen molar-refractivity contribution in [2.45, 2.75) is 44.9 Å². The maximum absolute atomic E-state index is 4.62. The Morgan fingerprint density at radius 1 is 1.21 bits per heavy atom. The van der Waals surface area contributed by atoms with Gasteiger partial charge < -0.3 is 0 Å². The van der Waals surface area contributed by atoms with E-state index < -0.39 is 0 Å². The lowest BCUT2D eigenvalue weighted by Crippen LogP contribution is -2.11. The highest BCUT2D eigenvalue weighted by molar-refractivity contribution is 7.78. The van der Waals surface area contributed by atoms with E-state index in [0.29, 0.717) is 0 Å². The van der Waals surface area contributed by atoms with Crippen molar-refractivity contribution >= 4 is 23.1 Å². The standard InChI is InChI=1S/C17H21NS/c1-2-3-4-14-5-7-15(8-6-14)16-9-11-17(12-10-16)18-13-19/h3-4,9-12,14-15H,2,5-8H2,1H3/b4-3+. The van der Waals surface area contributed by atoms with Crippen LogP contribution in [0.3, 0.4) is 0 Å². The van der Waals surface area contributed by atoms with E-state index in [1.165, 1.54) is 31.2 Å². The lowest BCUT2D eigenvalue weighted by molar-refractivity contribution is 0.375. The topological polar surface area (TPSA) is 12.4 Å². The molecule has 19 heavy (non-hydrogen) atoms. The molecule has 0 spiro atoms. The number of benzene rings is 1. The second-order valence-electron chi connectivity index (χ2n) is 5.24. The molecule has 0 radical (unpaired) electrons. The molecule has 2 heteroatoms. The van der Waals surface area contributed by atoms with Gasteiger partial charge in [0.2, 0.25) is 0 Å². The number of rotatable bonds is 4. The molecular formula is C17H21NS. The Hall–Kier alpha value is -1.24. The third-order valence-electron chi connectivity index (χ3n) is 3.96. The van der Waals surface area contributed by atoms with Crippen LogP contribution in [-0.2, 0) is 0 Å². The zero-order valence-corrected chi connectivity index (χ0v) is 12.3. The van der Waals surface area contributed by atoms with Gasteiger partial charge in [0.1, 0.15) is 0 Å². The van der Waals surface area contributed by atoms with E-state index in [4.69, 9.17) is 0 Å². The van der Waals surface area contributed by atoms with Crippen molar-refractivity contribution in [3.8, 4) is 0 Å². The Morgan fingerprint density at radius 3 is 2.47 bits per heavy atom. The maximum atomic E-state index is 4.62. The van der Waals surface area contributed by atoms with E-state index in [9.17, 15) is 0 Å². The second kappa shape index (κ2) is 7.37. The van der Waals surface area contributed by atoms with Crippen LogP contribution in [-0.4, -0.2) is 5.16 Å². The van der Waals surface area contributed by atoms with E-state index in [-0.39, 0.29) is 0 Å². The molecule has 100 valence electrons. The molecule has 2 rings (SSSR count). The molecule has 1 aromatic rings. The average Bonchev–Trinajstić information content (AvgIpc) is 2.47. The van der Waals surface area contributed by atoms with Gasteiger partial charge in [-0.3, -0.25) is 0 Å². The van der Waals surface area contributed by atoms with Gasteiger partial charge in [-0.2, -0.15) is 4.99 Å². The van der Waals surface area contributed by atoms with Crippen LogP contribution in [0.5, 0.6) is 0 Å². The zero-order chi connectivity index (χ0) is 13.5. The summed E-state index contributed by atoms with van der Waals surface area (Å²) >= 11 is 4.62. The molecule has 0 saturated heterocycles. The minimum atomic E-state index is 0.719. The van der Waals surface area contributed by atoms with Gasteiger partial charge in [0.25, 0.3) is 0 Å². The first kappa shape index (κ1) is 14.2. The first-order valence-corrected chi connectivity index (χ1v) is 7.58. The van der Waals surface area contributed by atoms with Gasteiger partial charge in [-0.25, -0.2) is 0 Å². The minimum absolute atomic E-state index is 0.719. The Labute approximate surface area is 121 Å². The molecular weight excluding hydrogens is 250 g/mol. The molecule has 1 saturated carbocycles. The summed E-state index contributed by atoms with van der Waals surface area (Å²) in [7, 11) is 0. The van der Waals surface area contributed by atoms with Crippen molar-refractivity contribution in [2.24, 2.45) is 10.9 Å². The first-order valence-electron chi connectivity index (χ1n) is 7.18. The quantitative estimate of drug-likeness (QED) is 0.391. The van der Waals surface area contributed by atoms with Crippen LogP contribution in [0.25, 0.3) is 0 Å². The molecule has 1 aliphatic rings.